The van der Waals surface area contributed by atoms with Crippen molar-refractivity contribution in [2.45, 2.75) is 32.9 Å². The molecule has 0 aliphatic heterocycles. The molecule has 0 amide bonds. The molecule has 0 saturated heterocycles. The first kappa shape index (κ1) is 8.68. The Morgan fingerprint density at radius 2 is 2.27 bits per heavy atom. The minimum atomic E-state index is 0.186. The van der Waals surface area contributed by atoms with E-state index in [1.54, 1.807) is 11.3 Å². The molecule has 0 fully saturated rings. The summed E-state index contributed by atoms with van der Waals surface area (Å²) in [6, 6.07) is 0. The molecule has 0 atom stereocenters. The van der Waals surface area contributed by atoms with E-state index in [-0.39, 0.29) is 5.54 Å². The minimum absolute atomic E-state index is 0.186. The van der Waals surface area contributed by atoms with Crippen LogP contribution in [0.1, 0.15) is 25.8 Å². The van der Waals surface area contributed by atoms with Crippen LogP contribution in [0.5, 0.6) is 0 Å². The van der Waals surface area contributed by atoms with Crippen molar-refractivity contribution in [1.29, 1.82) is 0 Å². The van der Waals surface area contributed by atoms with Crippen LogP contribution in [0.25, 0.3) is 0 Å². The summed E-state index contributed by atoms with van der Waals surface area (Å²) in [6.45, 7) is 7.34. The Morgan fingerprint density at radius 1 is 1.55 bits per heavy atom. The molecule has 1 aromatic rings. The van der Waals surface area contributed by atoms with E-state index in [0.717, 1.165) is 11.6 Å². The lowest BCUT2D eigenvalue weighted by Gasteiger charge is -2.19. The Kier molecular flexibility index (Phi) is 2.62. The fraction of sp³-hybridized carbons (Fsp3) is 0.625. The number of hydrogen-bond donors (Lipinski definition) is 1. The highest BCUT2D eigenvalue weighted by atomic mass is 32.1. The maximum atomic E-state index is 4.18. The number of thiazole rings is 1. The molecular formula is C8H14N2S. The summed E-state index contributed by atoms with van der Waals surface area (Å²) >= 11 is 1.69. The largest absolute Gasteiger partial charge is 0.306 e. The molecule has 0 aromatic carbocycles. The molecule has 0 radical (unpaired) electrons. The summed E-state index contributed by atoms with van der Waals surface area (Å²) < 4.78 is 0. The maximum Gasteiger partial charge on any atom is 0.106 e. The van der Waals surface area contributed by atoms with Crippen molar-refractivity contribution in [2.24, 2.45) is 0 Å². The molecule has 0 aliphatic rings. The van der Waals surface area contributed by atoms with Gasteiger partial charge in [-0.05, 0) is 20.8 Å². The van der Waals surface area contributed by atoms with Crippen molar-refractivity contribution in [2.75, 3.05) is 0 Å². The van der Waals surface area contributed by atoms with E-state index < -0.39 is 0 Å². The van der Waals surface area contributed by atoms with E-state index in [1.807, 2.05) is 11.6 Å². The first-order chi connectivity index (χ1) is 5.08. The number of rotatable bonds is 2. The van der Waals surface area contributed by atoms with Crippen molar-refractivity contribution < 1.29 is 0 Å². The lowest BCUT2D eigenvalue weighted by molar-refractivity contribution is 0.424. The summed E-state index contributed by atoms with van der Waals surface area (Å²) in [4.78, 5) is 4.18. The minimum Gasteiger partial charge on any atom is -0.306 e. The van der Waals surface area contributed by atoms with E-state index in [0.29, 0.717) is 0 Å². The smallest absolute Gasteiger partial charge is 0.106 e. The average molecular weight is 170 g/mol. The van der Waals surface area contributed by atoms with Crippen molar-refractivity contribution in [3.05, 3.63) is 16.6 Å². The SMILES string of the molecule is CC(C)(C)NCc1nccs1. The van der Waals surface area contributed by atoms with Gasteiger partial charge in [-0.1, -0.05) is 0 Å². The van der Waals surface area contributed by atoms with Gasteiger partial charge in [0.1, 0.15) is 5.01 Å². The Hall–Kier alpha value is -0.410. The van der Waals surface area contributed by atoms with Gasteiger partial charge in [-0.2, -0.15) is 0 Å². The van der Waals surface area contributed by atoms with Gasteiger partial charge in [0.05, 0.1) is 0 Å². The molecule has 0 spiro atoms. The molecule has 1 aromatic heterocycles. The molecule has 0 unspecified atom stereocenters. The number of nitrogens with zero attached hydrogens (tertiary/aromatic N) is 1. The van der Waals surface area contributed by atoms with Crippen LogP contribution in [0.15, 0.2) is 11.6 Å². The van der Waals surface area contributed by atoms with Crippen LogP contribution in [-0.4, -0.2) is 10.5 Å². The van der Waals surface area contributed by atoms with Crippen LogP contribution in [0.4, 0.5) is 0 Å². The second-order valence-corrected chi connectivity index (χ2v) is 4.51. The van der Waals surface area contributed by atoms with E-state index in [4.69, 9.17) is 0 Å². The molecule has 62 valence electrons. The quantitative estimate of drug-likeness (QED) is 0.734. The van der Waals surface area contributed by atoms with Crippen molar-refractivity contribution >= 4 is 11.3 Å². The fourth-order valence-electron chi connectivity index (χ4n) is 0.681. The van der Waals surface area contributed by atoms with E-state index in [2.05, 4.69) is 31.1 Å². The Balaban J connectivity index is 2.35. The maximum absolute atomic E-state index is 4.18. The lowest BCUT2D eigenvalue weighted by atomic mass is 10.1. The highest BCUT2D eigenvalue weighted by Crippen LogP contribution is 2.06. The van der Waals surface area contributed by atoms with Gasteiger partial charge in [-0.15, -0.1) is 11.3 Å². The first-order valence-electron chi connectivity index (χ1n) is 3.71. The molecule has 1 heterocycles. The predicted molar refractivity (Wildman–Crippen MR) is 48.7 cm³/mol. The molecule has 2 nitrogen and oxygen atoms in total. The van der Waals surface area contributed by atoms with Crippen LogP contribution < -0.4 is 5.32 Å². The van der Waals surface area contributed by atoms with Gasteiger partial charge in [-0.25, -0.2) is 4.98 Å². The van der Waals surface area contributed by atoms with Crippen molar-refractivity contribution in [3.8, 4) is 0 Å². The second-order valence-electron chi connectivity index (χ2n) is 3.53. The zero-order valence-corrected chi connectivity index (χ0v) is 8.03. The van der Waals surface area contributed by atoms with Gasteiger partial charge in [0.2, 0.25) is 0 Å². The van der Waals surface area contributed by atoms with Gasteiger partial charge < -0.3 is 5.32 Å². The van der Waals surface area contributed by atoms with Gasteiger partial charge >= 0.3 is 0 Å². The summed E-state index contributed by atoms with van der Waals surface area (Å²) in [5.41, 5.74) is 0.186. The zero-order chi connectivity index (χ0) is 8.32. The molecule has 0 aliphatic carbocycles. The second kappa shape index (κ2) is 3.32. The third-order valence-corrected chi connectivity index (χ3v) is 2.03. The molecule has 0 bridgehead atoms. The van der Waals surface area contributed by atoms with E-state index in [1.165, 1.54) is 0 Å². The van der Waals surface area contributed by atoms with Crippen LogP contribution in [0.2, 0.25) is 0 Å². The summed E-state index contributed by atoms with van der Waals surface area (Å²) in [5.74, 6) is 0. The third-order valence-electron chi connectivity index (χ3n) is 1.25. The van der Waals surface area contributed by atoms with Crippen LogP contribution in [0, 0.1) is 0 Å². The molecule has 1 rings (SSSR count). The van der Waals surface area contributed by atoms with Crippen molar-refractivity contribution in [3.63, 3.8) is 0 Å². The molecule has 11 heavy (non-hydrogen) atoms. The third kappa shape index (κ3) is 3.49. The number of nitrogens with one attached hydrogen (secondary N) is 1. The summed E-state index contributed by atoms with van der Waals surface area (Å²) in [7, 11) is 0. The Labute approximate surface area is 71.7 Å². The van der Waals surface area contributed by atoms with Crippen molar-refractivity contribution in [1.82, 2.24) is 10.3 Å². The number of aromatic nitrogens is 1. The van der Waals surface area contributed by atoms with Gasteiger partial charge in [0, 0.05) is 23.7 Å². The normalized spacial score (nSPS) is 11.9. The fourth-order valence-corrected chi connectivity index (χ4v) is 1.24. The summed E-state index contributed by atoms with van der Waals surface area (Å²) in [6.07, 6.45) is 1.84. The first-order valence-corrected chi connectivity index (χ1v) is 4.59. The standard InChI is InChI=1S/C8H14N2S/c1-8(2,3)10-6-7-9-4-5-11-7/h4-5,10H,6H2,1-3H3. The molecule has 1 N–H and O–H groups in total. The summed E-state index contributed by atoms with van der Waals surface area (Å²) in [5, 5.41) is 6.52. The molecule has 0 saturated carbocycles. The Bertz CT molecular complexity index is 198. The van der Waals surface area contributed by atoms with E-state index in [9.17, 15) is 0 Å². The molecule has 3 heteroatoms. The van der Waals surface area contributed by atoms with Gasteiger partial charge in [-0.3, -0.25) is 0 Å². The topological polar surface area (TPSA) is 24.9 Å². The van der Waals surface area contributed by atoms with Gasteiger partial charge in [0.15, 0.2) is 0 Å². The zero-order valence-electron chi connectivity index (χ0n) is 7.22. The molecular weight excluding hydrogens is 156 g/mol. The highest BCUT2D eigenvalue weighted by molar-refractivity contribution is 7.09. The monoisotopic (exact) mass is 170 g/mol. The van der Waals surface area contributed by atoms with E-state index >= 15 is 0 Å². The van der Waals surface area contributed by atoms with Crippen LogP contribution >= 0.6 is 11.3 Å². The van der Waals surface area contributed by atoms with Gasteiger partial charge in [0.25, 0.3) is 0 Å². The van der Waals surface area contributed by atoms with Crippen LogP contribution in [0.3, 0.4) is 0 Å². The Morgan fingerprint density at radius 3 is 2.73 bits per heavy atom. The predicted octanol–water partition coefficient (Wildman–Crippen LogP) is 2.03. The average Bonchev–Trinajstić information content (AvgIpc) is 2.32. The number of hydrogen-bond acceptors (Lipinski definition) is 3. The highest BCUT2D eigenvalue weighted by Gasteiger charge is 2.08. The van der Waals surface area contributed by atoms with Crippen LogP contribution in [-0.2, 0) is 6.54 Å². The lowest BCUT2D eigenvalue weighted by Crippen LogP contribution is -2.34.